The van der Waals surface area contributed by atoms with Crippen molar-refractivity contribution < 1.29 is 4.79 Å². The minimum Gasteiger partial charge on any atom is -0.326 e. The minimum absolute atomic E-state index is 0.0912. The van der Waals surface area contributed by atoms with Crippen molar-refractivity contribution in [3.63, 3.8) is 0 Å². The smallest absolute Gasteiger partial charge is 0.241 e. The Morgan fingerprint density at radius 2 is 2.16 bits per heavy atom. The van der Waals surface area contributed by atoms with E-state index in [2.05, 4.69) is 24.1 Å². The topological polar surface area (TPSA) is 32.3 Å². The van der Waals surface area contributed by atoms with Crippen molar-refractivity contribution >= 4 is 5.91 Å². The van der Waals surface area contributed by atoms with Gasteiger partial charge in [-0.15, -0.1) is 0 Å². The SMILES string of the molecule is CCCCC1NC(C)N(CC2CC3CCC2C3)C1=O. The number of hydrogen-bond donors (Lipinski definition) is 1. The van der Waals surface area contributed by atoms with Crippen molar-refractivity contribution in [2.45, 2.75) is 71.0 Å². The molecule has 1 aliphatic heterocycles. The summed E-state index contributed by atoms with van der Waals surface area (Å²) in [4.78, 5) is 14.6. The monoisotopic (exact) mass is 264 g/mol. The van der Waals surface area contributed by atoms with E-state index in [-0.39, 0.29) is 12.2 Å². The second kappa shape index (κ2) is 5.43. The van der Waals surface area contributed by atoms with Gasteiger partial charge in [-0.05, 0) is 50.4 Å². The summed E-state index contributed by atoms with van der Waals surface area (Å²) >= 11 is 0. The van der Waals surface area contributed by atoms with Gasteiger partial charge in [0.1, 0.15) is 0 Å². The Morgan fingerprint density at radius 1 is 1.32 bits per heavy atom. The number of carbonyl (C=O) groups is 1. The van der Waals surface area contributed by atoms with Crippen molar-refractivity contribution in [1.82, 2.24) is 10.2 Å². The first kappa shape index (κ1) is 13.4. The van der Waals surface area contributed by atoms with Crippen LogP contribution in [-0.4, -0.2) is 29.6 Å². The third-order valence-electron chi connectivity index (χ3n) is 5.65. The summed E-state index contributed by atoms with van der Waals surface area (Å²) in [6.45, 7) is 5.35. The predicted octanol–water partition coefficient (Wildman–Crippen LogP) is 2.76. The summed E-state index contributed by atoms with van der Waals surface area (Å²) in [5, 5.41) is 3.48. The van der Waals surface area contributed by atoms with Gasteiger partial charge in [0.15, 0.2) is 0 Å². The normalized spacial score (nSPS) is 41.5. The summed E-state index contributed by atoms with van der Waals surface area (Å²) in [5.74, 6) is 3.05. The molecule has 3 heteroatoms. The number of nitrogens with one attached hydrogen (secondary N) is 1. The van der Waals surface area contributed by atoms with Crippen molar-refractivity contribution in [2.24, 2.45) is 17.8 Å². The van der Waals surface area contributed by atoms with Crippen LogP contribution in [0, 0.1) is 17.8 Å². The molecule has 0 radical (unpaired) electrons. The molecular formula is C16H28N2O. The van der Waals surface area contributed by atoms with E-state index in [9.17, 15) is 4.79 Å². The lowest BCUT2D eigenvalue weighted by Crippen LogP contribution is -2.39. The highest BCUT2D eigenvalue weighted by molar-refractivity contribution is 5.84. The summed E-state index contributed by atoms with van der Waals surface area (Å²) in [7, 11) is 0. The van der Waals surface area contributed by atoms with Crippen LogP contribution in [0.25, 0.3) is 0 Å². The number of amides is 1. The van der Waals surface area contributed by atoms with Gasteiger partial charge in [0.05, 0.1) is 12.2 Å². The average Bonchev–Trinajstić information content (AvgIpc) is 3.07. The highest BCUT2D eigenvalue weighted by Gasteiger charge is 2.43. The van der Waals surface area contributed by atoms with Gasteiger partial charge in [-0.2, -0.15) is 0 Å². The molecule has 2 aliphatic carbocycles. The van der Waals surface area contributed by atoms with E-state index in [1.54, 1.807) is 0 Å². The molecule has 0 aromatic heterocycles. The highest BCUT2D eigenvalue weighted by atomic mass is 16.2. The van der Waals surface area contributed by atoms with Crippen molar-refractivity contribution in [3.05, 3.63) is 0 Å². The first-order valence-electron chi connectivity index (χ1n) is 8.25. The fraction of sp³-hybridized carbons (Fsp3) is 0.938. The van der Waals surface area contributed by atoms with Crippen LogP contribution in [0.4, 0.5) is 0 Å². The molecule has 1 saturated heterocycles. The predicted molar refractivity (Wildman–Crippen MR) is 76.6 cm³/mol. The summed E-state index contributed by atoms with van der Waals surface area (Å²) < 4.78 is 0. The number of carbonyl (C=O) groups excluding carboxylic acids is 1. The van der Waals surface area contributed by atoms with E-state index in [4.69, 9.17) is 0 Å². The van der Waals surface area contributed by atoms with Gasteiger partial charge < -0.3 is 4.90 Å². The maximum absolute atomic E-state index is 12.5. The lowest BCUT2D eigenvalue weighted by molar-refractivity contribution is -0.130. The van der Waals surface area contributed by atoms with E-state index < -0.39 is 0 Å². The molecule has 1 heterocycles. The number of nitrogens with zero attached hydrogens (tertiary/aromatic N) is 1. The second-order valence-corrected chi connectivity index (χ2v) is 6.96. The number of unbranched alkanes of at least 4 members (excludes halogenated alkanes) is 1. The fourth-order valence-electron chi connectivity index (χ4n) is 4.56. The van der Waals surface area contributed by atoms with E-state index >= 15 is 0 Å². The van der Waals surface area contributed by atoms with Gasteiger partial charge in [0.2, 0.25) is 5.91 Å². The van der Waals surface area contributed by atoms with Gasteiger partial charge in [-0.25, -0.2) is 0 Å². The van der Waals surface area contributed by atoms with Crippen LogP contribution < -0.4 is 5.32 Å². The molecule has 0 spiro atoms. The minimum atomic E-state index is 0.0912. The van der Waals surface area contributed by atoms with Crippen LogP contribution in [0.2, 0.25) is 0 Å². The zero-order valence-corrected chi connectivity index (χ0v) is 12.4. The molecule has 3 fully saturated rings. The third kappa shape index (κ3) is 2.54. The lowest BCUT2D eigenvalue weighted by atomic mass is 9.88. The zero-order valence-electron chi connectivity index (χ0n) is 12.4. The molecule has 1 amide bonds. The first-order chi connectivity index (χ1) is 9.19. The van der Waals surface area contributed by atoms with Gasteiger partial charge in [-0.1, -0.05) is 26.2 Å². The molecule has 0 aromatic carbocycles. The molecule has 1 N–H and O–H groups in total. The quantitative estimate of drug-likeness (QED) is 0.828. The number of hydrogen-bond acceptors (Lipinski definition) is 2. The standard InChI is InChI=1S/C16H28N2O/c1-3-4-5-15-16(19)18(11(2)17-15)10-14-9-12-6-7-13(14)8-12/h11-15,17H,3-10H2,1-2H3. The van der Waals surface area contributed by atoms with Gasteiger partial charge in [0.25, 0.3) is 0 Å². The first-order valence-corrected chi connectivity index (χ1v) is 8.25. The fourth-order valence-corrected chi connectivity index (χ4v) is 4.56. The number of rotatable bonds is 5. The lowest BCUT2D eigenvalue weighted by Gasteiger charge is -2.29. The Labute approximate surface area is 117 Å². The van der Waals surface area contributed by atoms with Crippen LogP contribution in [0.1, 0.15) is 58.8 Å². The second-order valence-electron chi connectivity index (χ2n) is 6.96. The molecule has 19 heavy (non-hydrogen) atoms. The molecule has 3 rings (SSSR count). The van der Waals surface area contributed by atoms with Crippen LogP contribution >= 0.6 is 0 Å². The Bertz CT molecular complexity index is 344. The Morgan fingerprint density at radius 3 is 2.79 bits per heavy atom. The van der Waals surface area contributed by atoms with Crippen LogP contribution in [0.5, 0.6) is 0 Å². The molecular weight excluding hydrogens is 236 g/mol. The molecule has 108 valence electrons. The molecule has 5 unspecified atom stereocenters. The summed E-state index contributed by atoms with van der Waals surface area (Å²) in [5.41, 5.74) is 0. The van der Waals surface area contributed by atoms with E-state index in [1.807, 2.05) is 0 Å². The highest BCUT2D eigenvalue weighted by Crippen LogP contribution is 2.48. The maximum atomic E-state index is 12.5. The summed E-state index contributed by atoms with van der Waals surface area (Å²) in [6.07, 6.45) is 9.25. The molecule has 0 aromatic rings. The third-order valence-corrected chi connectivity index (χ3v) is 5.65. The zero-order chi connectivity index (χ0) is 13.4. The largest absolute Gasteiger partial charge is 0.326 e. The van der Waals surface area contributed by atoms with Gasteiger partial charge >= 0.3 is 0 Å². The van der Waals surface area contributed by atoms with Crippen LogP contribution in [-0.2, 0) is 4.79 Å². The van der Waals surface area contributed by atoms with Gasteiger partial charge in [0, 0.05) is 6.54 Å². The van der Waals surface area contributed by atoms with E-state index in [0.29, 0.717) is 5.91 Å². The van der Waals surface area contributed by atoms with Crippen molar-refractivity contribution in [3.8, 4) is 0 Å². The Hall–Kier alpha value is -0.570. The van der Waals surface area contributed by atoms with Crippen LogP contribution in [0.15, 0.2) is 0 Å². The maximum Gasteiger partial charge on any atom is 0.241 e. The average molecular weight is 264 g/mol. The molecule has 3 aliphatic rings. The molecule has 5 atom stereocenters. The van der Waals surface area contributed by atoms with E-state index in [1.165, 1.54) is 32.1 Å². The van der Waals surface area contributed by atoms with Crippen LogP contribution in [0.3, 0.4) is 0 Å². The number of fused-ring (bicyclic) bond motifs is 2. The van der Waals surface area contributed by atoms with Crippen molar-refractivity contribution in [2.75, 3.05) is 6.54 Å². The molecule has 3 nitrogen and oxygen atoms in total. The molecule has 2 saturated carbocycles. The Balaban J connectivity index is 1.57. The Kier molecular flexibility index (Phi) is 3.84. The summed E-state index contributed by atoms with van der Waals surface area (Å²) in [6, 6.07) is 0.0912. The van der Waals surface area contributed by atoms with E-state index in [0.717, 1.165) is 37.1 Å². The molecule has 2 bridgehead atoms. The van der Waals surface area contributed by atoms with Crippen molar-refractivity contribution in [1.29, 1.82) is 0 Å². The van der Waals surface area contributed by atoms with Gasteiger partial charge in [-0.3, -0.25) is 10.1 Å².